The summed E-state index contributed by atoms with van der Waals surface area (Å²) in [6.45, 7) is 6.65. The number of benzene rings is 1. The monoisotopic (exact) mass is 437 g/mol. The number of hydrogen-bond acceptors (Lipinski definition) is 3. The van der Waals surface area contributed by atoms with Crippen molar-refractivity contribution < 1.29 is 30.7 Å². The van der Waals surface area contributed by atoms with Crippen molar-refractivity contribution in [3.63, 3.8) is 0 Å². The fourth-order valence-corrected chi connectivity index (χ4v) is 3.57. The molecule has 1 aliphatic rings. The molecule has 1 aliphatic carbocycles. The number of aliphatic imine (C=N–C) groups is 1. The molecule has 0 amide bonds. The molecule has 0 atom stereocenters. The van der Waals surface area contributed by atoms with Crippen molar-refractivity contribution in [2.24, 2.45) is 4.99 Å². The number of methoxy groups -OCH3 is 1. The average molecular weight is 440 g/mol. The topological polar surface area (TPSA) is 41.8 Å². The number of phenolic OH excluding ortho intramolecular Hbond substituents is 1. The molecule has 0 radical (unpaired) electrons. The number of phenols is 1. The van der Waals surface area contributed by atoms with E-state index < -0.39 is 28.9 Å². The van der Waals surface area contributed by atoms with Crippen LogP contribution in [0.4, 0.5) is 0 Å². The predicted molar refractivity (Wildman–Crippen MR) is 94.6 cm³/mol. The molecule has 1 aromatic rings. The molecule has 22 heavy (non-hydrogen) atoms. The van der Waals surface area contributed by atoms with E-state index in [9.17, 15) is 5.11 Å². The van der Waals surface area contributed by atoms with Crippen LogP contribution in [-0.4, -0.2) is 32.5 Å². The van der Waals surface area contributed by atoms with Crippen LogP contribution < -0.4 is 9.92 Å². The van der Waals surface area contributed by atoms with Gasteiger partial charge in [0.05, 0.1) is 15.2 Å². The zero-order chi connectivity index (χ0) is 16.8. The van der Waals surface area contributed by atoms with Gasteiger partial charge < -0.3 is 9.84 Å². The van der Waals surface area contributed by atoms with Gasteiger partial charge in [-0.2, -0.15) is 0 Å². The second-order valence-electron chi connectivity index (χ2n) is 6.30. The van der Waals surface area contributed by atoms with E-state index in [1.54, 1.807) is 7.11 Å². The molecule has 0 saturated heterocycles. The van der Waals surface area contributed by atoms with Gasteiger partial charge in [-0.3, -0.25) is 4.99 Å². The number of nitrogens with zero attached hydrogens (tertiary/aromatic N) is 1. The van der Waals surface area contributed by atoms with E-state index in [0.29, 0.717) is 11.8 Å². The summed E-state index contributed by atoms with van der Waals surface area (Å²) in [6, 6.07) is 4.27. The summed E-state index contributed by atoms with van der Waals surface area (Å²) in [5.74, 6) is 1.17. The van der Waals surface area contributed by atoms with Crippen molar-refractivity contribution in [1.29, 1.82) is 0 Å². The summed E-state index contributed by atoms with van der Waals surface area (Å²) in [5.41, 5.74) is 0.781. The minimum absolute atomic E-state index is 0.378. The van der Waals surface area contributed by atoms with Gasteiger partial charge in [-0.05, 0) is 36.6 Å². The summed E-state index contributed by atoms with van der Waals surface area (Å²) >= 11 is -0.826. The molecule has 3 nitrogen and oxygen atoms in total. The van der Waals surface area contributed by atoms with Gasteiger partial charge in [0, 0.05) is 17.8 Å². The molecular weight excluding hydrogens is 416 g/mol. The summed E-state index contributed by atoms with van der Waals surface area (Å²) in [7, 11) is 9.93. The predicted octanol–water partition coefficient (Wildman–Crippen LogP) is 4.29. The van der Waals surface area contributed by atoms with Crippen LogP contribution in [0.15, 0.2) is 17.1 Å². The first-order chi connectivity index (χ1) is 10.3. The van der Waals surface area contributed by atoms with Gasteiger partial charge in [0.15, 0.2) is 0 Å². The van der Waals surface area contributed by atoms with Gasteiger partial charge in [-0.15, -0.1) is 0 Å². The van der Waals surface area contributed by atoms with Crippen LogP contribution in [0.2, 0.25) is 19.6 Å². The van der Waals surface area contributed by atoms with Crippen LogP contribution in [0.1, 0.15) is 24.8 Å². The summed E-state index contributed by atoms with van der Waals surface area (Å²) in [6.07, 6.45) is 5.42. The van der Waals surface area contributed by atoms with Gasteiger partial charge in [-0.25, -0.2) is 0 Å². The Hall–Kier alpha value is 0.170. The molecule has 0 aliphatic heterocycles. The van der Waals surface area contributed by atoms with E-state index in [1.807, 2.05) is 18.3 Å². The molecule has 122 valence electrons. The van der Waals surface area contributed by atoms with Gasteiger partial charge in [0.2, 0.25) is 0 Å². The third kappa shape index (κ3) is 5.99. The van der Waals surface area contributed by atoms with E-state index in [4.69, 9.17) is 21.8 Å². The first-order valence-corrected chi connectivity index (χ1v) is 17.1. The zero-order valence-electron chi connectivity index (χ0n) is 13.5. The maximum absolute atomic E-state index is 10.4. The van der Waals surface area contributed by atoms with Gasteiger partial charge >= 0.3 is 37.9 Å². The fraction of sp³-hybridized carbons (Fsp3) is 0.533. The van der Waals surface area contributed by atoms with Crippen LogP contribution in [0.3, 0.4) is 0 Å². The van der Waals surface area contributed by atoms with Gasteiger partial charge in [-0.1, -0.05) is 19.6 Å². The Labute approximate surface area is 152 Å². The molecule has 1 saturated carbocycles. The third-order valence-corrected chi connectivity index (χ3v) is 5.65. The van der Waals surface area contributed by atoms with E-state index in [-0.39, 0.29) is 0 Å². The molecule has 2 rings (SSSR count). The van der Waals surface area contributed by atoms with Crippen LogP contribution in [0.5, 0.6) is 11.5 Å². The van der Waals surface area contributed by atoms with Gasteiger partial charge in [0.25, 0.3) is 0 Å². The minimum atomic E-state index is -1.60. The molecule has 1 fully saturated rings. The Morgan fingerprint density at radius 3 is 2.32 bits per heavy atom. The normalized spacial score (nSPS) is 15.0. The number of halogens is 2. The zero-order valence-corrected chi connectivity index (χ0v) is 18.5. The second kappa shape index (κ2) is 9.46. The van der Waals surface area contributed by atoms with Crippen LogP contribution in [0.25, 0.3) is 0 Å². The molecule has 0 unspecified atom stereocenters. The quantitative estimate of drug-likeness (QED) is 0.562. The molecule has 0 bridgehead atoms. The van der Waals surface area contributed by atoms with Crippen molar-refractivity contribution in [3.05, 3.63) is 17.7 Å². The third-order valence-electron chi connectivity index (χ3n) is 3.66. The summed E-state index contributed by atoms with van der Waals surface area (Å²) in [4.78, 5) is 4.53. The Kier molecular flexibility index (Phi) is 8.69. The van der Waals surface area contributed by atoms with E-state index in [1.165, 1.54) is 19.3 Å². The van der Waals surface area contributed by atoms with Gasteiger partial charge in [0.1, 0.15) is 11.5 Å². The standard InChI is InChI=1S/C15H23NO2Si.2ClH.Zr/c1-18-13-8-11(10-16-12-6-5-7-12)15(17)14(9-13)19(2,3)4;;;/h8-10,12,17H,5-7H2,1-4H3;2*1H;/q;;;+2/p-2. The Morgan fingerprint density at radius 2 is 1.91 bits per heavy atom. The first kappa shape index (κ1) is 20.2. The summed E-state index contributed by atoms with van der Waals surface area (Å²) in [5, 5.41) is 11.5. The van der Waals surface area contributed by atoms with E-state index in [0.717, 1.165) is 16.5 Å². The van der Waals surface area contributed by atoms with E-state index >= 15 is 0 Å². The van der Waals surface area contributed by atoms with Crippen LogP contribution >= 0.6 is 17.0 Å². The average Bonchev–Trinajstić information content (AvgIpc) is 2.38. The van der Waals surface area contributed by atoms with Crippen molar-refractivity contribution in [3.8, 4) is 11.5 Å². The summed E-state index contributed by atoms with van der Waals surface area (Å²) < 4.78 is 5.34. The van der Waals surface area contributed by atoms with E-state index in [2.05, 4.69) is 24.6 Å². The van der Waals surface area contributed by atoms with Crippen LogP contribution in [-0.2, 0) is 20.8 Å². The number of hydrogen-bond donors (Lipinski definition) is 1. The second-order valence-corrected chi connectivity index (χ2v) is 15.1. The molecule has 1 N–H and O–H groups in total. The molecule has 7 heteroatoms. The Balaban J connectivity index is 0.000000745. The molecule has 0 spiro atoms. The Bertz CT molecular complexity index is 517. The first-order valence-electron chi connectivity index (χ1n) is 7.24. The van der Waals surface area contributed by atoms with Crippen LogP contribution in [0, 0.1) is 0 Å². The maximum atomic E-state index is 10.4. The SMILES string of the molecule is COc1cc(C=NC2CCC2)c(O)c([Si](C)(C)C)c1.[Cl][Zr][Cl]. The molecule has 1 aromatic carbocycles. The molecular formula is C15H23Cl2NO2SiZr. The van der Waals surface area contributed by atoms with Crippen molar-refractivity contribution in [1.82, 2.24) is 0 Å². The van der Waals surface area contributed by atoms with Crippen molar-refractivity contribution in [2.45, 2.75) is 44.9 Å². The molecule has 0 aromatic heterocycles. The number of ether oxygens (including phenoxy) is 1. The number of aromatic hydroxyl groups is 1. The van der Waals surface area contributed by atoms with Crippen molar-refractivity contribution in [2.75, 3.05) is 7.11 Å². The molecule has 0 heterocycles. The number of rotatable bonds is 4. The Morgan fingerprint density at radius 1 is 1.32 bits per heavy atom. The fourth-order valence-electron chi connectivity index (χ4n) is 2.14. The van der Waals surface area contributed by atoms with Crippen molar-refractivity contribution >= 4 is 36.5 Å².